The van der Waals surface area contributed by atoms with Gasteiger partial charge in [-0.15, -0.1) is 5.10 Å². The van der Waals surface area contributed by atoms with Crippen molar-refractivity contribution in [3.63, 3.8) is 0 Å². The summed E-state index contributed by atoms with van der Waals surface area (Å²) in [5, 5.41) is 11.2. The van der Waals surface area contributed by atoms with Gasteiger partial charge >= 0.3 is 0 Å². The Labute approximate surface area is 93.0 Å². The molecule has 0 saturated heterocycles. The molecular weight excluding hydrogens is 206 g/mol. The molecule has 6 heteroatoms. The quantitative estimate of drug-likeness (QED) is 0.763. The van der Waals surface area contributed by atoms with Crippen molar-refractivity contribution in [1.29, 1.82) is 0 Å². The topological polar surface area (TPSA) is 78.8 Å². The average molecular weight is 219 g/mol. The maximum absolute atomic E-state index is 5.57. The minimum absolute atomic E-state index is 0.524. The molecule has 0 aliphatic rings. The number of aromatic nitrogens is 4. The van der Waals surface area contributed by atoms with Crippen LogP contribution >= 0.6 is 0 Å². The second-order valence-electron chi connectivity index (χ2n) is 3.37. The van der Waals surface area contributed by atoms with Gasteiger partial charge in [0, 0.05) is 5.69 Å². The molecule has 1 aromatic heterocycles. The molecule has 6 nitrogen and oxygen atoms in total. The van der Waals surface area contributed by atoms with Crippen LogP contribution in [0.4, 0.5) is 5.69 Å². The number of nitrogens with zero attached hydrogens (tertiary/aromatic N) is 4. The lowest BCUT2D eigenvalue weighted by atomic mass is 10.3. The first-order valence-electron chi connectivity index (χ1n) is 4.97. The Morgan fingerprint density at radius 1 is 1.31 bits per heavy atom. The molecule has 0 amide bonds. The van der Waals surface area contributed by atoms with Gasteiger partial charge in [-0.3, -0.25) is 0 Å². The van der Waals surface area contributed by atoms with Crippen molar-refractivity contribution in [2.24, 2.45) is 0 Å². The van der Waals surface area contributed by atoms with Crippen molar-refractivity contribution in [3.8, 4) is 5.75 Å². The molecule has 0 saturated carbocycles. The van der Waals surface area contributed by atoms with Gasteiger partial charge in [0.2, 0.25) is 0 Å². The molecule has 0 aliphatic heterocycles. The number of ether oxygens (including phenoxy) is 1. The van der Waals surface area contributed by atoms with Crippen LogP contribution in [0.15, 0.2) is 24.3 Å². The summed E-state index contributed by atoms with van der Waals surface area (Å²) in [7, 11) is 0. The van der Waals surface area contributed by atoms with Crippen LogP contribution in [-0.4, -0.2) is 26.8 Å². The van der Waals surface area contributed by atoms with Gasteiger partial charge in [0.25, 0.3) is 0 Å². The first kappa shape index (κ1) is 10.4. The summed E-state index contributed by atoms with van der Waals surface area (Å²) in [5.41, 5.74) is 6.29. The summed E-state index contributed by atoms with van der Waals surface area (Å²) in [6.07, 6.45) is 0. The van der Waals surface area contributed by atoms with Gasteiger partial charge in [-0.2, -0.15) is 0 Å². The highest BCUT2D eigenvalue weighted by Gasteiger charge is 1.99. The van der Waals surface area contributed by atoms with Crippen LogP contribution in [0.2, 0.25) is 0 Å². The van der Waals surface area contributed by atoms with Crippen molar-refractivity contribution in [1.82, 2.24) is 20.2 Å². The Bertz CT molecular complexity index is 450. The zero-order valence-electron chi connectivity index (χ0n) is 9.00. The monoisotopic (exact) mass is 219 g/mol. The van der Waals surface area contributed by atoms with E-state index < -0.39 is 0 Å². The molecule has 0 spiro atoms. The molecule has 16 heavy (non-hydrogen) atoms. The third-order valence-electron chi connectivity index (χ3n) is 2.16. The largest absolute Gasteiger partial charge is 0.492 e. The fraction of sp³-hybridized carbons (Fsp3) is 0.300. The van der Waals surface area contributed by atoms with E-state index in [4.69, 9.17) is 10.5 Å². The number of rotatable bonds is 4. The third kappa shape index (κ3) is 2.47. The van der Waals surface area contributed by atoms with E-state index in [0.717, 1.165) is 17.3 Å². The predicted molar refractivity (Wildman–Crippen MR) is 58.9 cm³/mol. The van der Waals surface area contributed by atoms with Crippen LogP contribution in [0, 0.1) is 6.92 Å². The second-order valence-corrected chi connectivity index (χ2v) is 3.37. The van der Waals surface area contributed by atoms with Gasteiger partial charge in [0.05, 0.1) is 6.54 Å². The molecule has 0 atom stereocenters. The van der Waals surface area contributed by atoms with Crippen molar-refractivity contribution in [3.05, 3.63) is 30.1 Å². The van der Waals surface area contributed by atoms with Crippen molar-refractivity contribution in [2.45, 2.75) is 13.5 Å². The summed E-state index contributed by atoms with van der Waals surface area (Å²) >= 11 is 0. The average Bonchev–Trinajstić information content (AvgIpc) is 2.68. The highest BCUT2D eigenvalue weighted by Crippen LogP contribution is 2.12. The second kappa shape index (κ2) is 4.61. The molecule has 0 radical (unpaired) electrons. The summed E-state index contributed by atoms with van der Waals surface area (Å²) in [6.45, 7) is 3.00. The van der Waals surface area contributed by atoms with Crippen molar-refractivity contribution >= 4 is 5.69 Å². The van der Waals surface area contributed by atoms with E-state index in [0.29, 0.717) is 13.2 Å². The lowest BCUT2D eigenvalue weighted by molar-refractivity contribution is 0.288. The van der Waals surface area contributed by atoms with Crippen LogP contribution in [-0.2, 0) is 6.54 Å². The molecule has 0 aliphatic carbocycles. The maximum atomic E-state index is 5.57. The van der Waals surface area contributed by atoms with E-state index in [2.05, 4.69) is 15.5 Å². The zero-order chi connectivity index (χ0) is 11.4. The zero-order valence-corrected chi connectivity index (χ0v) is 9.00. The minimum Gasteiger partial charge on any atom is -0.492 e. The van der Waals surface area contributed by atoms with Gasteiger partial charge in [0.1, 0.15) is 18.2 Å². The van der Waals surface area contributed by atoms with E-state index >= 15 is 0 Å². The Hall–Kier alpha value is -2.11. The predicted octanol–water partition coefficient (Wildman–Crippen LogP) is 0.643. The molecule has 1 aromatic carbocycles. The van der Waals surface area contributed by atoms with Crippen molar-refractivity contribution in [2.75, 3.05) is 12.3 Å². The normalized spacial score (nSPS) is 10.3. The molecule has 2 rings (SSSR count). The third-order valence-corrected chi connectivity index (χ3v) is 2.16. The number of hydrogen-bond donors (Lipinski definition) is 1. The van der Waals surface area contributed by atoms with E-state index in [-0.39, 0.29) is 0 Å². The minimum atomic E-state index is 0.524. The summed E-state index contributed by atoms with van der Waals surface area (Å²) in [5.74, 6) is 1.57. The highest BCUT2D eigenvalue weighted by molar-refractivity contribution is 5.41. The number of aryl methyl sites for hydroxylation is 1. The Kier molecular flexibility index (Phi) is 3.00. The molecule has 84 valence electrons. The Balaban J connectivity index is 1.84. The lowest BCUT2D eigenvalue weighted by Gasteiger charge is -2.06. The van der Waals surface area contributed by atoms with E-state index in [1.165, 1.54) is 0 Å². The highest BCUT2D eigenvalue weighted by atomic mass is 16.5. The van der Waals surface area contributed by atoms with Crippen LogP contribution in [0.5, 0.6) is 5.75 Å². The van der Waals surface area contributed by atoms with Crippen molar-refractivity contribution < 1.29 is 4.74 Å². The molecule has 0 unspecified atom stereocenters. The van der Waals surface area contributed by atoms with Gasteiger partial charge in [0.15, 0.2) is 0 Å². The number of hydrogen-bond acceptors (Lipinski definition) is 5. The molecule has 1 heterocycles. The van der Waals surface area contributed by atoms with Crippen LogP contribution in [0.25, 0.3) is 0 Å². The lowest BCUT2D eigenvalue weighted by Crippen LogP contribution is -2.11. The Morgan fingerprint density at radius 3 is 2.69 bits per heavy atom. The van der Waals surface area contributed by atoms with Crippen LogP contribution < -0.4 is 10.5 Å². The standard InChI is InChI=1S/C10H13N5O/c1-8-12-13-14-15(8)6-7-16-10-4-2-9(11)3-5-10/h2-5H,6-7,11H2,1H3. The molecule has 0 bridgehead atoms. The number of tetrazole rings is 1. The first-order chi connectivity index (χ1) is 7.75. The fourth-order valence-electron chi connectivity index (χ4n) is 1.27. The fourth-order valence-corrected chi connectivity index (χ4v) is 1.27. The summed E-state index contributed by atoms with van der Waals surface area (Å²) < 4.78 is 7.21. The molecule has 2 N–H and O–H groups in total. The van der Waals surface area contributed by atoms with Gasteiger partial charge in [-0.05, 0) is 41.6 Å². The molecular formula is C10H13N5O. The Morgan fingerprint density at radius 2 is 2.06 bits per heavy atom. The van der Waals surface area contributed by atoms with Gasteiger partial charge < -0.3 is 10.5 Å². The first-order valence-corrected chi connectivity index (χ1v) is 4.97. The summed E-state index contributed by atoms with van der Waals surface area (Å²) in [4.78, 5) is 0. The van der Waals surface area contributed by atoms with E-state index in [1.807, 2.05) is 19.1 Å². The van der Waals surface area contributed by atoms with Crippen LogP contribution in [0.3, 0.4) is 0 Å². The van der Waals surface area contributed by atoms with Crippen LogP contribution in [0.1, 0.15) is 5.82 Å². The van der Waals surface area contributed by atoms with Gasteiger partial charge in [-0.25, -0.2) is 4.68 Å². The van der Waals surface area contributed by atoms with Gasteiger partial charge in [-0.1, -0.05) is 0 Å². The SMILES string of the molecule is Cc1nnnn1CCOc1ccc(N)cc1. The number of anilines is 1. The van der Waals surface area contributed by atoms with E-state index in [1.54, 1.807) is 16.8 Å². The van der Waals surface area contributed by atoms with E-state index in [9.17, 15) is 0 Å². The molecule has 0 fully saturated rings. The number of nitrogens with two attached hydrogens (primary N) is 1. The number of nitrogen functional groups attached to an aromatic ring is 1. The summed E-state index contributed by atoms with van der Waals surface area (Å²) in [6, 6.07) is 7.28. The maximum Gasteiger partial charge on any atom is 0.148 e. The number of benzene rings is 1. The smallest absolute Gasteiger partial charge is 0.148 e. The molecule has 2 aromatic rings.